The predicted octanol–water partition coefficient (Wildman–Crippen LogP) is 3.04. The standard InChI is InChI=1S/C21H17ClN2O4S/c1-3-27-20(26)17-12(2)23-21-24(18(17)13-6-8-14(22)9-7-13)19(25)16(29-21)11-15-5-4-10-28-15/h4-11,18H,3H2,1-2H3/b16-11+/t18-/m0/s1. The van der Waals surface area contributed by atoms with E-state index in [9.17, 15) is 9.59 Å². The van der Waals surface area contributed by atoms with Gasteiger partial charge in [0.05, 0.1) is 34.7 Å². The molecule has 0 N–H and O–H groups in total. The summed E-state index contributed by atoms with van der Waals surface area (Å²) in [4.78, 5) is 31.0. The zero-order valence-corrected chi connectivity index (χ0v) is 17.3. The second-order valence-electron chi connectivity index (χ2n) is 6.37. The second-order valence-corrected chi connectivity index (χ2v) is 7.81. The van der Waals surface area contributed by atoms with Gasteiger partial charge in [-0.2, -0.15) is 0 Å². The summed E-state index contributed by atoms with van der Waals surface area (Å²) in [7, 11) is 0. The molecule has 0 radical (unpaired) electrons. The number of hydrogen-bond acceptors (Lipinski definition) is 6. The highest BCUT2D eigenvalue weighted by molar-refractivity contribution is 7.07. The Kier molecular flexibility index (Phi) is 5.25. The summed E-state index contributed by atoms with van der Waals surface area (Å²) in [6, 6.07) is 9.93. The molecule has 148 valence electrons. The van der Waals surface area contributed by atoms with Crippen LogP contribution in [0, 0.1) is 0 Å². The van der Waals surface area contributed by atoms with Gasteiger partial charge in [0.1, 0.15) is 5.76 Å². The molecule has 0 aliphatic carbocycles. The van der Waals surface area contributed by atoms with Crippen molar-refractivity contribution < 1.29 is 13.9 Å². The molecule has 0 unspecified atom stereocenters. The highest BCUT2D eigenvalue weighted by atomic mass is 35.5. The monoisotopic (exact) mass is 428 g/mol. The predicted molar refractivity (Wildman–Crippen MR) is 111 cm³/mol. The van der Waals surface area contributed by atoms with E-state index in [0.717, 1.165) is 5.56 Å². The fourth-order valence-corrected chi connectivity index (χ4v) is 4.41. The molecule has 0 bridgehead atoms. The van der Waals surface area contributed by atoms with Gasteiger partial charge in [-0.25, -0.2) is 9.79 Å². The Bertz CT molecular complexity index is 1270. The first-order chi connectivity index (χ1) is 14.0. The van der Waals surface area contributed by atoms with E-state index in [1.165, 1.54) is 15.9 Å². The smallest absolute Gasteiger partial charge is 0.338 e. The van der Waals surface area contributed by atoms with Crippen molar-refractivity contribution in [3.63, 3.8) is 0 Å². The van der Waals surface area contributed by atoms with E-state index in [4.69, 9.17) is 20.8 Å². The van der Waals surface area contributed by atoms with E-state index < -0.39 is 12.0 Å². The van der Waals surface area contributed by atoms with Gasteiger partial charge in [-0.3, -0.25) is 9.36 Å². The van der Waals surface area contributed by atoms with Crippen LogP contribution in [0.3, 0.4) is 0 Å². The van der Waals surface area contributed by atoms with Crippen LogP contribution in [-0.4, -0.2) is 17.1 Å². The van der Waals surface area contributed by atoms with E-state index in [1.807, 2.05) is 0 Å². The third kappa shape index (κ3) is 3.59. The lowest BCUT2D eigenvalue weighted by Crippen LogP contribution is -2.39. The van der Waals surface area contributed by atoms with Gasteiger partial charge in [-0.05, 0) is 43.7 Å². The number of nitrogens with zero attached hydrogens (tertiary/aromatic N) is 2. The van der Waals surface area contributed by atoms with Gasteiger partial charge in [0.25, 0.3) is 5.56 Å². The molecular weight excluding hydrogens is 412 g/mol. The van der Waals surface area contributed by atoms with Crippen LogP contribution < -0.4 is 14.9 Å². The Morgan fingerprint density at radius 2 is 2.10 bits per heavy atom. The number of rotatable bonds is 4. The normalized spacial score (nSPS) is 16.5. The third-order valence-electron chi connectivity index (χ3n) is 4.52. The second kappa shape index (κ2) is 7.85. The first-order valence-corrected chi connectivity index (χ1v) is 10.2. The fraction of sp³-hybridized carbons (Fsp3) is 0.190. The minimum atomic E-state index is -0.652. The van der Waals surface area contributed by atoms with E-state index in [-0.39, 0.29) is 12.2 Å². The molecule has 29 heavy (non-hydrogen) atoms. The number of benzene rings is 1. The molecule has 3 heterocycles. The molecule has 3 aromatic rings. The lowest BCUT2D eigenvalue weighted by molar-refractivity contribution is -0.139. The summed E-state index contributed by atoms with van der Waals surface area (Å²) in [5, 5.41) is 0.567. The number of allylic oxidation sites excluding steroid dienone is 1. The lowest BCUT2D eigenvalue weighted by atomic mass is 9.96. The first-order valence-electron chi connectivity index (χ1n) is 8.98. The Morgan fingerprint density at radius 3 is 2.76 bits per heavy atom. The molecule has 1 aliphatic heterocycles. The molecule has 0 saturated carbocycles. The van der Waals surface area contributed by atoms with Gasteiger partial charge in [-0.15, -0.1) is 0 Å². The molecule has 1 atom stereocenters. The summed E-state index contributed by atoms with van der Waals surface area (Å²) >= 11 is 7.29. The maximum absolute atomic E-state index is 13.3. The van der Waals surface area contributed by atoms with Crippen molar-refractivity contribution in [3.05, 3.63) is 90.0 Å². The largest absolute Gasteiger partial charge is 0.465 e. The molecule has 0 amide bonds. The summed E-state index contributed by atoms with van der Waals surface area (Å²) < 4.78 is 12.6. The molecule has 0 fully saturated rings. The van der Waals surface area contributed by atoms with Crippen LogP contribution in [-0.2, 0) is 9.53 Å². The van der Waals surface area contributed by atoms with Crippen molar-refractivity contribution in [3.8, 4) is 0 Å². The van der Waals surface area contributed by atoms with Crippen LogP contribution in [0.4, 0.5) is 0 Å². The van der Waals surface area contributed by atoms with Gasteiger partial charge in [0.2, 0.25) is 0 Å². The SMILES string of the molecule is CCOC(=O)C1=C(C)N=c2s/c(=C/c3ccco3)c(=O)n2[C@H]1c1ccc(Cl)cc1. The Morgan fingerprint density at radius 1 is 1.34 bits per heavy atom. The van der Waals surface area contributed by atoms with Gasteiger partial charge in [-0.1, -0.05) is 35.1 Å². The lowest BCUT2D eigenvalue weighted by Gasteiger charge is -2.24. The minimum absolute atomic E-state index is 0.228. The highest BCUT2D eigenvalue weighted by Gasteiger charge is 2.33. The number of carbonyl (C=O) groups is 1. The number of fused-ring (bicyclic) bond motifs is 1. The van der Waals surface area contributed by atoms with Crippen molar-refractivity contribution in [2.45, 2.75) is 19.9 Å². The van der Waals surface area contributed by atoms with Crippen molar-refractivity contribution in [2.24, 2.45) is 4.99 Å². The minimum Gasteiger partial charge on any atom is -0.465 e. The zero-order valence-electron chi connectivity index (χ0n) is 15.7. The quantitative estimate of drug-likeness (QED) is 0.599. The molecule has 8 heteroatoms. The maximum Gasteiger partial charge on any atom is 0.338 e. The maximum atomic E-state index is 13.3. The fourth-order valence-electron chi connectivity index (χ4n) is 3.25. The van der Waals surface area contributed by atoms with E-state index >= 15 is 0 Å². The first kappa shape index (κ1) is 19.4. The highest BCUT2D eigenvalue weighted by Crippen LogP contribution is 2.31. The molecular formula is C21H17ClN2O4S. The van der Waals surface area contributed by atoms with Crippen LogP contribution in [0.25, 0.3) is 6.08 Å². The van der Waals surface area contributed by atoms with Gasteiger partial charge >= 0.3 is 5.97 Å². The molecule has 4 rings (SSSR count). The Balaban J connectivity index is 1.97. The van der Waals surface area contributed by atoms with Crippen molar-refractivity contribution in [1.82, 2.24) is 4.57 Å². The van der Waals surface area contributed by atoms with Crippen LogP contribution in [0.1, 0.15) is 31.2 Å². The van der Waals surface area contributed by atoms with Crippen LogP contribution in [0.5, 0.6) is 0 Å². The van der Waals surface area contributed by atoms with Gasteiger partial charge < -0.3 is 9.15 Å². The number of esters is 1. The number of halogens is 1. The molecule has 0 spiro atoms. The van der Waals surface area contributed by atoms with E-state index in [2.05, 4.69) is 4.99 Å². The number of ether oxygens (including phenoxy) is 1. The number of hydrogen-bond donors (Lipinski definition) is 0. The van der Waals surface area contributed by atoms with Crippen molar-refractivity contribution in [1.29, 1.82) is 0 Å². The third-order valence-corrected chi connectivity index (χ3v) is 5.75. The summed E-state index contributed by atoms with van der Waals surface area (Å²) in [5.41, 5.74) is 1.36. The molecule has 6 nitrogen and oxygen atoms in total. The Hall–Kier alpha value is -2.90. The van der Waals surface area contributed by atoms with Crippen LogP contribution in [0.15, 0.2) is 68.1 Å². The van der Waals surface area contributed by atoms with Crippen molar-refractivity contribution in [2.75, 3.05) is 6.61 Å². The van der Waals surface area contributed by atoms with Crippen LogP contribution in [0.2, 0.25) is 5.02 Å². The zero-order chi connectivity index (χ0) is 20.5. The summed E-state index contributed by atoms with van der Waals surface area (Å²) in [6.07, 6.45) is 3.22. The molecule has 2 aromatic heterocycles. The molecule has 1 aromatic carbocycles. The number of aromatic nitrogens is 1. The topological polar surface area (TPSA) is 73.8 Å². The summed E-state index contributed by atoms with van der Waals surface area (Å²) in [6.45, 7) is 3.72. The number of carbonyl (C=O) groups excluding carboxylic acids is 1. The molecule has 1 aliphatic rings. The van der Waals surface area contributed by atoms with E-state index in [0.29, 0.717) is 31.4 Å². The average molecular weight is 429 g/mol. The summed E-state index contributed by atoms with van der Waals surface area (Å²) in [5.74, 6) is 0.0775. The molecule has 0 saturated heterocycles. The van der Waals surface area contributed by atoms with Crippen molar-refractivity contribution >= 4 is 35.0 Å². The number of furan rings is 1. The Labute approximate surface area is 175 Å². The number of thiazole rings is 1. The van der Waals surface area contributed by atoms with Gasteiger partial charge in [0, 0.05) is 11.1 Å². The van der Waals surface area contributed by atoms with E-state index in [1.54, 1.807) is 62.6 Å². The van der Waals surface area contributed by atoms with Gasteiger partial charge in [0.15, 0.2) is 4.80 Å². The average Bonchev–Trinajstić information content (AvgIpc) is 3.30. The van der Waals surface area contributed by atoms with Crippen LogP contribution >= 0.6 is 22.9 Å².